The van der Waals surface area contributed by atoms with E-state index in [1.807, 2.05) is 0 Å². The lowest BCUT2D eigenvalue weighted by atomic mass is 10.2. The van der Waals surface area contributed by atoms with Gasteiger partial charge in [-0.3, -0.25) is 4.79 Å². The predicted octanol–water partition coefficient (Wildman–Crippen LogP) is 0.402. The number of halogens is 3. The summed E-state index contributed by atoms with van der Waals surface area (Å²) < 4.78 is 35.8. The van der Waals surface area contributed by atoms with Crippen LogP contribution in [0, 0.1) is 0 Å². The highest BCUT2D eigenvalue weighted by Crippen LogP contribution is 2.19. The number of carbonyl (C=O) groups is 1. The molecule has 0 aliphatic carbocycles. The Bertz CT molecular complexity index is 157. The van der Waals surface area contributed by atoms with Gasteiger partial charge in [0, 0.05) is 13.0 Å². The van der Waals surface area contributed by atoms with Crippen molar-refractivity contribution in [1.82, 2.24) is 5.32 Å². The molecule has 6 heteroatoms. The third kappa shape index (κ3) is 3.56. The number of hydrogen-bond acceptors (Lipinski definition) is 2. The Morgan fingerprint density at radius 3 is 2.33 bits per heavy atom. The first kappa shape index (κ1) is 11.2. The summed E-state index contributed by atoms with van der Waals surface area (Å²) in [4.78, 5) is 10.6. The summed E-state index contributed by atoms with van der Waals surface area (Å²) in [6.45, 7) is 0.842. The molecule has 0 fully saturated rings. The van der Waals surface area contributed by atoms with Crippen LogP contribution >= 0.6 is 0 Å². The SMILES string of the molecule is CCC(=O)NC(CN)C(F)(F)F. The normalized spacial score (nSPS) is 14.1. The van der Waals surface area contributed by atoms with Crippen LogP contribution in [0.4, 0.5) is 13.2 Å². The van der Waals surface area contributed by atoms with E-state index in [-0.39, 0.29) is 6.42 Å². The van der Waals surface area contributed by atoms with Crippen LogP contribution in [0.5, 0.6) is 0 Å². The molecule has 0 saturated carbocycles. The number of amides is 1. The second-order valence-corrected chi connectivity index (χ2v) is 2.25. The van der Waals surface area contributed by atoms with Crippen molar-refractivity contribution in [2.45, 2.75) is 25.6 Å². The highest BCUT2D eigenvalue weighted by atomic mass is 19.4. The quantitative estimate of drug-likeness (QED) is 0.667. The van der Waals surface area contributed by atoms with Gasteiger partial charge in [0.05, 0.1) is 0 Å². The van der Waals surface area contributed by atoms with Gasteiger partial charge in [0.1, 0.15) is 6.04 Å². The van der Waals surface area contributed by atoms with Crippen LogP contribution in [-0.2, 0) is 4.79 Å². The lowest BCUT2D eigenvalue weighted by Crippen LogP contribution is -2.49. The molecular weight excluding hydrogens is 173 g/mol. The van der Waals surface area contributed by atoms with E-state index in [0.717, 1.165) is 0 Å². The number of nitrogens with two attached hydrogens (primary N) is 1. The van der Waals surface area contributed by atoms with Gasteiger partial charge in [-0.2, -0.15) is 13.2 Å². The van der Waals surface area contributed by atoms with Gasteiger partial charge >= 0.3 is 6.18 Å². The molecule has 0 aliphatic heterocycles. The van der Waals surface area contributed by atoms with Gasteiger partial charge in [-0.05, 0) is 0 Å². The van der Waals surface area contributed by atoms with Gasteiger partial charge in [-0.25, -0.2) is 0 Å². The summed E-state index contributed by atoms with van der Waals surface area (Å²) in [5.41, 5.74) is 4.83. The third-order valence-corrected chi connectivity index (χ3v) is 1.29. The van der Waals surface area contributed by atoms with Crippen molar-refractivity contribution in [1.29, 1.82) is 0 Å². The fourth-order valence-electron chi connectivity index (χ4n) is 0.571. The van der Waals surface area contributed by atoms with Crippen LogP contribution < -0.4 is 11.1 Å². The molecule has 0 spiro atoms. The maximum absolute atomic E-state index is 11.9. The van der Waals surface area contributed by atoms with Gasteiger partial charge in [0.25, 0.3) is 0 Å². The van der Waals surface area contributed by atoms with E-state index in [1.54, 1.807) is 5.32 Å². The largest absolute Gasteiger partial charge is 0.409 e. The van der Waals surface area contributed by atoms with Crippen molar-refractivity contribution in [3.8, 4) is 0 Å². The first-order valence-electron chi connectivity index (χ1n) is 3.48. The summed E-state index contributed by atoms with van der Waals surface area (Å²) in [6.07, 6.45) is -4.44. The maximum atomic E-state index is 11.9. The third-order valence-electron chi connectivity index (χ3n) is 1.29. The lowest BCUT2D eigenvalue weighted by Gasteiger charge is -2.19. The first-order valence-corrected chi connectivity index (χ1v) is 3.48. The van der Waals surface area contributed by atoms with Crippen molar-refractivity contribution >= 4 is 5.91 Å². The van der Waals surface area contributed by atoms with Crippen LogP contribution in [0.2, 0.25) is 0 Å². The minimum atomic E-state index is -4.46. The maximum Gasteiger partial charge on any atom is 0.409 e. The number of hydrogen-bond donors (Lipinski definition) is 2. The summed E-state index contributed by atoms with van der Waals surface area (Å²) in [6, 6.07) is -1.93. The van der Waals surface area contributed by atoms with Crippen LogP contribution in [0.25, 0.3) is 0 Å². The molecule has 0 aromatic carbocycles. The van der Waals surface area contributed by atoms with E-state index >= 15 is 0 Å². The summed E-state index contributed by atoms with van der Waals surface area (Å²) in [5.74, 6) is -0.650. The van der Waals surface area contributed by atoms with Gasteiger partial charge < -0.3 is 11.1 Å². The van der Waals surface area contributed by atoms with E-state index in [0.29, 0.717) is 0 Å². The molecule has 0 aromatic heterocycles. The molecule has 0 aromatic rings. The molecule has 3 nitrogen and oxygen atoms in total. The molecule has 0 saturated heterocycles. The van der Waals surface area contributed by atoms with Crippen molar-refractivity contribution in [2.75, 3.05) is 6.54 Å². The molecular formula is C6H11F3N2O. The Labute approximate surface area is 68.1 Å². The van der Waals surface area contributed by atoms with Crippen LogP contribution in [0.3, 0.4) is 0 Å². The van der Waals surface area contributed by atoms with Crippen molar-refractivity contribution in [3.05, 3.63) is 0 Å². The molecule has 1 atom stereocenters. The minimum absolute atomic E-state index is 0.0204. The highest BCUT2D eigenvalue weighted by Gasteiger charge is 2.39. The average Bonchev–Trinajstić information content (AvgIpc) is 1.97. The molecule has 1 amide bonds. The molecule has 0 bridgehead atoms. The highest BCUT2D eigenvalue weighted by molar-refractivity contribution is 5.75. The van der Waals surface area contributed by atoms with E-state index in [4.69, 9.17) is 5.73 Å². The zero-order chi connectivity index (χ0) is 9.78. The Morgan fingerprint density at radius 2 is 2.08 bits per heavy atom. The van der Waals surface area contributed by atoms with E-state index in [2.05, 4.69) is 0 Å². The number of rotatable bonds is 3. The summed E-state index contributed by atoms with van der Waals surface area (Å²) >= 11 is 0. The van der Waals surface area contributed by atoms with Crippen LogP contribution in [-0.4, -0.2) is 24.7 Å². The number of nitrogens with one attached hydrogen (secondary N) is 1. The first-order chi connectivity index (χ1) is 5.41. The smallest absolute Gasteiger partial charge is 0.343 e. The van der Waals surface area contributed by atoms with Crippen molar-refractivity contribution in [3.63, 3.8) is 0 Å². The molecule has 0 heterocycles. The Hall–Kier alpha value is -0.780. The monoisotopic (exact) mass is 184 g/mol. The fourth-order valence-corrected chi connectivity index (χ4v) is 0.571. The standard InChI is InChI=1S/C6H11F3N2O/c1-2-5(12)11-4(3-10)6(7,8)9/h4H,2-3,10H2,1H3,(H,11,12). The fraction of sp³-hybridized carbons (Fsp3) is 0.833. The summed E-state index contributed by atoms with van der Waals surface area (Å²) in [5, 5.41) is 1.77. The Balaban J connectivity index is 4.09. The van der Waals surface area contributed by atoms with E-state index in [9.17, 15) is 18.0 Å². The molecule has 1 unspecified atom stereocenters. The zero-order valence-corrected chi connectivity index (χ0v) is 6.61. The predicted molar refractivity (Wildman–Crippen MR) is 37.3 cm³/mol. The molecule has 12 heavy (non-hydrogen) atoms. The van der Waals surface area contributed by atoms with Gasteiger partial charge in [0.15, 0.2) is 0 Å². The van der Waals surface area contributed by atoms with Crippen molar-refractivity contribution < 1.29 is 18.0 Å². The Kier molecular flexibility index (Phi) is 4.02. The van der Waals surface area contributed by atoms with E-state index in [1.165, 1.54) is 6.92 Å². The van der Waals surface area contributed by atoms with E-state index < -0.39 is 24.7 Å². The van der Waals surface area contributed by atoms with Gasteiger partial charge in [0.2, 0.25) is 5.91 Å². The summed E-state index contributed by atoms with van der Waals surface area (Å²) in [7, 11) is 0. The van der Waals surface area contributed by atoms with Gasteiger partial charge in [-0.1, -0.05) is 6.92 Å². The molecule has 0 aliphatic rings. The second kappa shape index (κ2) is 4.30. The molecule has 3 N–H and O–H groups in total. The lowest BCUT2D eigenvalue weighted by molar-refractivity contribution is -0.159. The Morgan fingerprint density at radius 1 is 1.58 bits per heavy atom. The van der Waals surface area contributed by atoms with Crippen LogP contribution in [0.1, 0.15) is 13.3 Å². The van der Waals surface area contributed by atoms with Gasteiger partial charge in [-0.15, -0.1) is 0 Å². The number of alkyl halides is 3. The van der Waals surface area contributed by atoms with Crippen molar-refractivity contribution in [2.24, 2.45) is 5.73 Å². The zero-order valence-electron chi connectivity index (χ0n) is 6.61. The second-order valence-electron chi connectivity index (χ2n) is 2.25. The molecule has 0 rings (SSSR count). The number of carbonyl (C=O) groups excluding carboxylic acids is 1. The molecule has 72 valence electrons. The topological polar surface area (TPSA) is 55.1 Å². The van der Waals surface area contributed by atoms with Crippen LogP contribution in [0.15, 0.2) is 0 Å². The minimum Gasteiger partial charge on any atom is -0.343 e. The molecule has 0 radical (unpaired) electrons. The average molecular weight is 184 g/mol.